The molecule has 2 atom stereocenters. The smallest absolute Gasteiger partial charge is 0.387 e. The monoisotopic (exact) mass is 533 g/mol. The van der Waals surface area contributed by atoms with E-state index >= 15 is 0 Å². The zero-order valence-corrected chi connectivity index (χ0v) is 24.1. The minimum Gasteiger partial charge on any atom is -0.387 e. The molecular formula is C28H56NO6P. The molecule has 36 heavy (non-hydrogen) atoms. The summed E-state index contributed by atoms with van der Waals surface area (Å²) >= 11 is 0. The van der Waals surface area contributed by atoms with Crippen molar-refractivity contribution in [1.82, 2.24) is 5.32 Å². The van der Waals surface area contributed by atoms with Crippen molar-refractivity contribution in [3.05, 3.63) is 12.2 Å². The van der Waals surface area contributed by atoms with Crippen LogP contribution in [0.15, 0.2) is 12.2 Å². The lowest BCUT2D eigenvalue weighted by atomic mass is 10.0. The van der Waals surface area contributed by atoms with Crippen LogP contribution in [0.3, 0.4) is 0 Å². The van der Waals surface area contributed by atoms with E-state index in [0.29, 0.717) is 6.42 Å². The van der Waals surface area contributed by atoms with E-state index < -0.39 is 26.6 Å². The predicted molar refractivity (Wildman–Crippen MR) is 149 cm³/mol. The van der Waals surface area contributed by atoms with Crippen molar-refractivity contribution in [2.24, 2.45) is 0 Å². The number of carbonyl (C=O) groups excluding carboxylic acids is 1. The molecule has 0 heterocycles. The summed E-state index contributed by atoms with van der Waals surface area (Å²) in [6.45, 7) is 3.99. The van der Waals surface area contributed by atoms with Crippen LogP contribution >= 0.6 is 7.82 Å². The molecule has 0 aromatic rings. The molecule has 0 bridgehead atoms. The van der Waals surface area contributed by atoms with Crippen molar-refractivity contribution in [2.75, 3.05) is 6.61 Å². The fraction of sp³-hybridized carbons (Fsp3) is 0.893. The van der Waals surface area contributed by atoms with Gasteiger partial charge in [-0.15, -0.1) is 0 Å². The number of allylic oxidation sites excluding steroid dienone is 1. The number of hydrogen-bond acceptors (Lipinski definition) is 4. The summed E-state index contributed by atoms with van der Waals surface area (Å²) in [6.07, 6.45) is 25.2. The average Bonchev–Trinajstić information content (AvgIpc) is 2.83. The molecule has 1 amide bonds. The van der Waals surface area contributed by atoms with E-state index in [0.717, 1.165) is 38.5 Å². The number of phosphoric acid groups is 1. The van der Waals surface area contributed by atoms with Crippen LogP contribution in [0.4, 0.5) is 0 Å². The molecule has 0 aliphatic heterocycles. The third-order valence-electron chi connectivity index (χ3n) is 6.50. The van der Waals surface area contributed by atoms with E-state index in [9.17, 15) is 14.5 Å². The van der Waals surface area contributed by atoms with Crippen molar-refractivity contribution >= 4 is 13.7 Å². The highest BCUT2D eigenvalue weighted by Crippen LogP contribution is 2.35. The quantitative estimate of drug-likeness (QED) is 0.0525. The van der Waals surface area contributed by atoms with Crippen molar-refractivity contribution in [3.63, 3.8) is 0 Å². The Balaban J connectivity index is 4.18. The van der Waals surface area contributed by atoms with Crippen LogP contribution < -0.4 is 5.32 Å². The highest BCUT2D eigenvalue weighted by molar-refractivity contribution is 7.46. The van der Waals surface area contributed by atoms with Gasteiger partial charge in [0, 0.05) is 6.42 Å². The molecule has 0 aliphatic carbocycles. The number of phosphoric ester groups is 1. The summed E-state index contributed by atoms with van der Waals surface area (Å²) in [5, 5.41) is 13.2. The second-order valence-corrected chi connectivity index (χ2v) is 11.3. The predicted octanol–water partition coefficient (Wildman–Crippen LogP) is 7.34. The van der Waals surface area contributed by atoms with Crippen molar-refractivity contribution in [2.45, 2.75) is 154 Å². The van der Waals surface area contributed by atoms with Crippen LogP contribution in [-0.2, 0) is 13.9 Å². The van der Waals surface area contributed by atoms with Crippen LogP contribution in [0.1, 0.15) is 142 Å². The molecule has 0 rings (SSSR count). The van der Waals surface area contributed by atoms with Crippen LogP contribution in [0.25, 0.3) is 0 Å². The van der Waals surface area contributed by atoms with E-state index in [1.54, 1.807) is 6.08 Å². The van der Waals surface area contributed by atoms with E-state index in [-0.39, 0.29) is 5.91 Å². The number of hydrogen-bond donors (Lipinski definition) is 4. The summed E-state index contributed by atoms with van der Waals surface area (Å²) in [7, 11) is -4.69. The second-order valence-electron chi connectivity index (χ2n) is 10.1. The van der Waals surface area contributed by atoms with Gasteiger partial charge < -0.3 is 20.2 Å². The number of nitrogens with one attached hydrogen (secondary N) is 1. The van der Waals surface area contributed by atoms with Crippen molar-refractivity contribution in [1.29, 1.82) is 0 Å². The summed E-state index contributed by atoms with van der Waals surface area (Å²) in [6, 6.07) is -0.900. The van der Waals surface area contributed by atoms with Crippen LogP contribution in [-0.4, -0.2) is 39.6 Å². The zero-order chi connectivity index (χ0) is 26.9. The molecule has 4 N–H and O–H groups in total. The first-order chi connectivity index (χ1) is 17.3. The molecule has 0 saturated heterocycles. The molecule has 0 aromatic heterocycles. The number of carbonyl (C=O) groups is 1. The van der Waals surface area contributed by atoms with E-state index in [4.69, 9.17) is 9.79 Å². The van der Waals surface area contributed by atoms with Gasteiger partial charge in [-0.2, -0.15) is 0 Å². The fourth-order valence-corrected chi connectivity index (χ4v) is 4.58. The fourth-order valence-electron chi connectivity index (χ4n) is 4.22. The van der Waals surface area contributed by atoms with Gasteiger partial charge >= 0.3 is 7.82 Å². The molecule has 0 fully saturated rings. The number of amides is 1. The Morgan fingerprint density at radius 3 is 1.69 bits per heavy atom. The zero-order valence-electron chi connectivity index (χ0n) is 23.2. The molecule has 0 aliphatic rings. The summed E-state index contributed by atoms with van der Waals surface area (Å²) in [5.74, 6) is -0.232. The van der Waals surface area contributed by atoms with Gasteiger partial charge in [-0.05, 0) is 19.3 Å². The maximum absolute atomic E-state index is 12.4. The minimum absolute atomic E-state index is 0.232. The third-order valence-corrected chi connectivity index (χ3v) is 6.98. The summed E-state index contributed by atoms with van der Waals surface area (Å²) in [4.78, 5) is 30.4. The van der Waals surface area contributed by atoms with Gasteiger partial charge in [0.1, 0.15) is 0 Å². The first-order valence-electron chi connectivity index (χ1n) is 14.6. The van der Waals surface area contributed by atoms with E-state index in [2.05, 4.69) is 23.7 Å². The van der Waals surface area contributed by atoms with Crippen LogP contribution in [0, 0.1) is 0 Å². The molecular weight excluding hydrogens is 477 g/mol. The first-order valence-corrected chi connectivity index (χ1v) is 16.2. The molecule has 214 valence electrons. The van der Waals surface area contributed by atoms with E-state index in [1.807, 2.05) is 6.08 Å². The largest absolute Gasteiger partial charge is 0.469 e. The number of aliphatic hydroxyl groups excluding tert-OH is 1. The highest BCUT2D eigenvalue weighted by Gasteiger charge is 2.24. The van der Waals surface area contributed by atoms with Gasteiger partial charge in [0.25, 0.3) is 0 Å². The molecule has 8 heteroatoms. The maximum atomic E-state index is 12.4. The Hall–Kier alpha value is -0.720. The molecule has 7 nitrogen and oxygen atoms in total. The Morgan fingerprint density at radius 2 is 1.22 bits per heavy atom. The lowest BCUT2D eigenvalue weighted by Crippen LogP contribution is -2.45. The lowest BCUT2D eigenvalue weighted by molar-refractivity contribution is -0.123. The number of unbranched alkanes of at least 4 members (excludes halogenated alkanes) is 17. The maximum Gasteiger partial charge on any atom is 0.469 e. The molecule has 0 saturated carbocycles. The minimum atomic E-state index is -4.69. The van der Waals surface area contributed by atoms with Crippen LogP contribution in [0.5, 0.6) is 0 Å². The third kappa shape index (κ3) is 25.0. The van der Waals surface area contributed by atoms with Gasteiger partial charge in [0.2, 0.25) is 5.91 Å². The van der Waals surface area contributed by atoms with Gasteiger partial charge in [-0.3, -0.25) is 9.32 Å². The van der Waals surface area contributed by atoms with Gasteiger partial charge in [-0.25, -0.2) is 4.57 Å². The SMILES string of the molecule is CCCCCCCCC/C=C/[C@@H](O)[C@H](COP(=O)(O)O)NC(=O)CCCCCCCCCCCCC. The number of rotatable bonds is 26. The summed E-state index contributed by atoms with van der Waals surface area (Å²) in [5.41, 5.74) is 0. The summed E-state index contributed by atoms with van der Waals surface area (Å²) < 4.78 is 15.7. The Morgan fingerprint density at radius 1 is 0.778 bits per heavy atom. The standard InChI is InChI=1S/C28H56NO6P/c1-3-5-7-9-11-13-14-16-18-20-22-24-28(31)29-26(25-35-36(32,33)34)27(30)23-21-19-17-15-12-10-8-6-4-2/h21,23,26-27,30H,3-20,22,24-25H2,1-2H3,(H,29,31)(H2,32,33,34)/b23-21+/t26-,27+/m0/s1. The molecule has 0 radical (unpaired) electrons. The van der Waals surface area contributed by atoms with Crippen LogP contribution in [0.2, 0.25) is 0 Å². The Kier molecular flexibility index (Phi) is 24.1. The lowest BCUT2D eigenvalue weighted by Gasteiger charge is -2.22. The van der Waals surface area contributed by atoms with Crippen molar-refractivity contribution in [3.8, 4) is 0 Å². The Bertz CT molecular complexity index is 580. The van der Waals surface area contributed by atoms with E-state index in [1.165, 1.54) is 83.5 Å². The van der Waals surface area contributed by atoms with Gasteiger partial charge in [-0.1, -0.05) is 129 Å². The van der Waals surface area contributed by atoms with Gasteiger partial charge in [0.05, 0.1) is 18.8 Å². The van der Waals surface area contributed by atoms with Gasteiger partial charge in [0.15, 0.2) is 0 Å². The molecule has 0 unspecified atom stereocenters. The second kappa shape index (κ2) is 24.6. The Labute approximate surface area is 221 Å². The molecule has 0 spiro atoms. The average molecular weight is 534 g/mol. The topological polar surface area (TPSA) is 116 Å². The normalized spacial score (nSPS) is 13.8. The van der Waals surface area contributed by atoms with Crippen molar-refractivity contribution < 1.29 is 28.8 Å². The molecule has 0 aromatic carbocycles. The highest BCUT2D eigenvalue weighted by atomic mass is 31.2. The first kappa shape index (κ1) is 35.3. The number of aliphatic hydroxyl groups is 1.